The molecule has 2 aromatic carbocycles. The largest absolute Gasteiger partial charge is 0.484 e. The minimum Gasteiger partial charge on any atom is -0.484 e. The van der Waals surface area contributed by atoms with Crippen LogP contribution in [0.3, 0.4) is 0 Å². The monoisotopic (exact) mass is 390 g/mol. The maximum atomic E-state index is 5.63. The first kappa shape index (κ1) is 16.1. The summed E-state index contributed by atoms with van der Waals surface area (Å²) in [4.78, 5) is 0. The van der Waals surface area contributed by atoms with Crippen LogP contribution in [0.25, 0.3) is 0 Å². The summed E-state index contributed by atoms with van der Waals surface area (Å²) in [5.41, 5.74) is 2.39. The molecule has 6 heteroatoms. The van der Waals surface area contributed by atoms with Crippen LogP contribution in [-0.4, -0.2) is 10.2 Å². The van der Waals surface area contributed by atoms with Crippen molar-refractivity contribution >= 4 is 27.7 Å². The minimum atomic E-state index is 0.271. The van der Waals surface area contributed by atoms with Crippen molar-refractivity contribution in [3.05, 3.63) is 70.0 Å². The van der Waals surface area contributed by atoms with Gasteiger partial charge in [0.25, 0.3) is 11.1 Å². The number of hydrogen-bond donors (Lipinski definition) is 0. The van der Waals surface area contributed by atoms with Crippen molar-refractivity contribution in [3.8, 4) is 5.75 Å². The minimum absolute atomic E-state index is 0.271. The molecule has 0 unspecified atom stereocenters. The number of ether oxygens (including phenoxy) is 1. The first-order valence-electron chi connectivity index (χ1n) is 7.08. The second-order valence-corrected chi connectivity index (χ2v) is 6.82. The first-order valence-corrected chi connectivity index (χ1v) is 8.86. The molecule has 3 rings (SSSR count). The highest BCUT2D eigenvalue weighted by Crippen LogP contribution is 2.23. The molecule has 0 saturated carbocycles. The number of halogens is 1. The summed E-state index contributed by atoms with van der Waals surface area (Å²) in [5, 5.41) is 8.59. The number of benzene rings is 2. The van der Waals surface area contributed by atoms with E-state index in [4.69, 9.17) is 9.15 Å². The molecule has 0 N–H and O–H groups in total. The Bertz CT molecular complexity index is 774. The van der Waals surface area contributed by atoms with Crippen molar-refractivity contribution in [2.75, 3.05) is 0 Å². The van der Waals surface area contributed by atoms with E-state index in [1.54, 1.807) is 0 Å². The van der Waals surface area contributed by atoms with Gasteiger partial charge in [-0.3, -0.25) is 0 Å². The van der Waals surface area contributed by atoms with Crippen LogP contribution in [0.4, 0.5) is 0 Å². The molecule has 0 atom stereocenters. The van der Waals surface area contributed by atoms with Crippen molar-refractivity contribution in [2.24, 2.45) is 0 Å². The average Bonchev–Trinajstić information content (AvgIpc) is 3.00. The Morgan fingerprint density at radius 2 is 1.96 bits per heavy atom. The van der Waals surface area contributed by atoms with Gasteiger partial charge < -0.3 is 9.15 Å². The second kappa shape index (κ2) is 7.66. The summed E-state index contributed by atoms with van der Waals surface area (Å²) in [6.07, 6.45) is 0. The van der Waals surface area contributed by atoms with Crippen LogP contribution in [0.15, 0.2) is 62.6 Å². The summed E-state index contributed by atoms with van der Waals surface area (Å²) < 4.78 is 12.3. The van der Waals surface area contributed by atoms with Gasteiger partial charge in [0.1, 0.15) is 5.75 Å². The molecule has 1 aromatic heterocycles. The molecule has 3 aromatic rings. The van der Waals surface area contributed by atoms with Gasteiger partial charge in [-0.1, -0.05) is 57.5 Å². The number of aromatic nitrogens is 2. The third kappa shape index (κ3) is 4.84. The van der Waals surface area contributed by atoms with E-state index < -0.39 is 0 Å². The van der Waals surface area contributed by atoms with Gasteiger partial charge in [-0.05, 0) is 36.8 Å². The van der Waals surface area contributed by atoms with Crippen molar-refractivity contribution in [1.82, 2.24) is 10.2 Å². The molecule has 118 valence electrons. The van der Waals surface area contributed by atoms with Crippen LogP contribution in [0.1, 0.15) is 17.0 Å². The fraction of sp³-hybridized carbons (Fsp3) is 0.176. The fourth-order valence-corrected chi connectivity index (χ4v) is 3.08. The molecule has 0 aliphatic carbocycles. The van der Waals surface area contributed by atoms with Crippen LogP contribution in [0.2, 0.25) is 0 Å². The molecule has 0 radical (unpaired) electrons. The highest BCUT2D eigenvalue weighted by atomic mass is 79.9. The van der Waals surface area contributed by atoms with Crippen LogP contribution >= 0.6 is 27.7 Å². The normalized spacial score (nSPS) is 10.7. The number of hydrogen-bond acceptors (Lipinski definition) is 5. The third-order valence-corrected chi connectivity index (χ3v) is 4.47. The van der Waals surface area contributed by atoms with Crippen LogP contribution in [0.5, 0.6) is 5.75 Å². The van der Waals surface area contributed by atoms with Gasteiger partial charge in [0.15, 0.2) is 6.61 Å². The van der Waals surface area contributed by atoms with Crippen LogP contribution in [-0.2, 0) is 12.4 Å². The van der Waals surface area contributed by atoms with Crippen LogP contribution in [0, 0.1) is 6.92 Å². The second-order valence-electron chi connectivity index (χ2n) is 4.98. The lowest BCUT2D eigenvalue weighted by Crippen LogP contribution is -1.95. The Balaban J connectivity index is 1.52. The lowest BCUT2D eigenvalue weighted by Gasteiger charge is -2.02. The molecule has 0 bridgehead atoms. The van der Waals surface area contributed by atoms with E-state index in [1.807, 2.05) is 43.3 Å². The van der Waals surface area contributed by atoms with Gasteiger partial charge in [-0.15, -0.1) is 10.2 Å². The van der Waals surface area contributed by atoms with E-state index in [0.29, 0.717) is 11.1 Å². The van der Waals surface area contributed by atoms with E-state index in [9.17, 15) is 0 Å². The predicted octanol–water partition coefficient (Wildman–Crippen LogP) is 5.01. The zero-order valence-electron chi connectivity index (χ0n) is 12.5. The summed E-state index contributed by atoms with van der Waals surface area (Å²) in [7, 11) is 0. The summed E-state index contributed by atoms with van der Waals surface area (Å²) in [6.45, 7) is 2.31. The Kier molecular flexibility index (Phi) is 5.35. The van der Waals surface area contributed by atoms with Crippen LogP contribution < -0.4 is 4.74 Å². The average molecular weight is 391 g/mol. The molecule has 23 heavy (non-hydrogen) atoms. The van der Waals surface area contributed by atoms with Gasteiger partial charge in [0, 0.05) is 10.2 Å². The van der Waals surface area contributed by atoms with Crippen molar-refractivity contribution in [3.63, 3.8) is 0 Å². The molecule has 0 spiro atoms. The molecular weight excluding hydrogens is 376 g/mol. The molecule has 1 heterocycles. The van der Waals surface area contributed by atoms with Crippen molar-refractivity contribution in [1.29, 1.82) is 0 Å². The lowest BCUT2D eigenvalue weighted by molar-refractivity contribution is 0.252. The smallest absolute Gasteiger partial charge is 0.277 e. The quantitative estimate of drug-likeness (QED) is 0.553. The summed E-state index contributed by atoms with van der Waals surface area (Å²) >= 11 is 4.97. The van der Waals surface area contributed by atoms with Crippen molar-refractivity contribution in [2.45, 2.75) is 24.5 Å². The first-order chi connectivity index (χ1) is 11.2. The number of nitrogens with zero attached hydrogens (tertiary/aromatic N) is 2. The van der Waals surface area contributed by atoms with Gasteiger partial charge in [-0.25, -0.2) is 0 Å². The summed E-state index contributed by atoms with van der Waals surface area (Å²) in [6, 6.07) is 16.0. The zero-order valence-corrected chi connectivity index (χ0v) is 14.9. The Labute approximate surface area is 147 Å². The number of aryl methyl sites for hydroxylation is 1. The van der Waals surface area contributed by atoms with Gasteiger partial charge >= 0.3 is 0 Å². The topological polar surface area (TPSA) is 48.2 Å². The maximum Gasteiger partial charge on any atom is 0.277 e. The van der Waals surface area contributed by atoms with E-state index in [1.165, 1.54) is 22.9 Å². The Morgan fingerprint density at radius 3 is 2.74 bits per heavy atom. The fourth-order valence-electron chi connectivity index (χ4n) is 1.91. The standard InChI is InChI=1S/C17H15BrN2O2S/c1-12-5-7-15(8-6-12)21-10-16-19-20-17(22-16)23-11-13-3-2-4-14(18)9-13/h2-9H,10-11H2,1H3. The number of rotatable bonds is 6. The molecular formula is C17H15BrN2O2S. The molecule has 0 saturated heterocycles. The van der Waals surface area contributed by atoms with E-state index in [0.717, 1.165) is 16.0 Å². The highest BCUT2D eigenvalue weighted by Gasteiger charge is 2.08. The lowest BCUT2D eigenvalue weighted by atomic mass is 10.2. The summed E-state index contributed by atoms with van der Waals surface area (Å²) in [5.74, 6) is 2.04. The van der Waals surface area contributed by atoms with Gasteiger partial charge in [-0.2, -0.15) is 0 Å². The molecule has 0 amide bonds. The van der Waals surface area contributed by atoms with Gasteiger partial charge in [0.05, 0.1) is 0 Å². The highest BCUT2D eigenvalue weighted by molar-refractivity contribution is 9.10. The molecule has 0 aliphatic heterocycles. The number of thioether (sulfide) groups is 1. The predicted molar refractivity (Wildman–Crippen MR) is 93.5 cm³/mol. The third-order valence-electron chi connectivity index (χ3n) is 3.08. The zero-order chi connectivity index (χ0) is 16.1. The van der Waals surface area contributed by atoms with Crippen molar-refractivity contribution < 1.29 is 9.15 Å². The Morgan fingerprint density at radius 1 is 1.13 bits per heavy atom. The van der Waals surface area contributed by atoms with E-state index in [-0.39, 0.29) is 6.61 Å². The molecule has 4 nitrogen and oxygen atoms in total. The maximum absolute atomic E-state index is 5.63. The molecule has 0 aliphatic rings. The molecule has 0 fully saturated rings. The SMILES string of the molecule is Cc1ccc(OCc2nnc(SCc3cccc(Br)c3)o2)cc1. The van der Waals surface area contributed by atoms with E-state index in [2.05, 4.69) is 38.3 Å². The Hall–Kier alpha value is -1.79. The van der Waals surface area contributed by atoms with Gasteiger partial charge in [0.2, 0.25) is 0 Å². The van der Waals surface area contributed by atoms with E-state index >= 15 is 0 Å².